The molecule has 7 heteroatoms. The Hall–Kier alpha value is -1.27. The summed E-state index contributed by atoms with van der Waals surface area (Å²) in [6.07, 6.45) is 1.31. The zero-order chi connectivity index (χ0) is 13.2. The number of sulfone groups is 1. The second-order valence-electron chi connectivity index (χ2n) is 4.55. The Bertz CT molecular complexity index is 543. The van der Waals surface area contributed by atoms with E-state index >= 15 is 0 Å². The second kappa shape index (κ2) is 6.25. The highest BCUT2D eigenvalue weighted by Gasteiger charge is 2.25. The summed E-state index contributed by atoms with van der Waals surface area (Å²) < 4.78 is 22.9. The van der Waals surface area contributed by atoms with Crippen molar-refractivity contribution in [2.45, 2.75) is 18.9 Å². The van der Waals surface area contributed by atoms with Gasteiger partial charge in [0.25, 0.3) is 5.91 Å². The van der Waals surface area contributed by atoms with Crippen molar-refractivity contribution in [3.05, 3.63) is 29.8 Å². The molecule has 1 fully saturated rings. The van der Waals surface area contributed by atoms with E-state index in [4.69, 9.17) is 5.73 Å². The van der Waals surface area contributed by atoms with Crippen LogP contribution in [0.15, 0.2) is 24.3 Å². The van der Waals surface area contributed by atoms with Crippen LogP contribution in [0.2, 0.25) is 0 Å². The maximum atomic E-state index is 11.9. The quantitative estimate of drug-likeness (QED) is 0.798. The summed E-state index contributed by atoms with van der Waals surface area (Å²) in [6, 6.07) is 6.26. The monoisotopic (exact) mass is 304 g/mol. The summed E-state index contributed by atoms with van der Waals surface area (Å²) in [5.74, 6) is 0.00620. The standard InChI is InChI=1S/C12H16N2O3S.ClH/c13-10-5-3-9(4-6-10)12(15)14-11-2-1-7-18(16,17)8-11;/h3-6,11H,1-2,7-8,13H2,(H,14,15);1H. The number of rotatable bonds is 2. The van der Waals surface area contributed by atoms with Crippen molar-refractivity contribution < 1.29 is 13.2 Å². The number of nitrogens with two attached hydrogens (primary N) is 1. The van der Waals surface area contributed by atoms with Gasteiger partial charge in [0.1, 0.15) is 0 Å². The van der Waals surface area contributed by atoms with Crippen LogP contribution in [0.1, 0.15) is 23.2 Å². The van der Waals surface area contributed by atoms with Crippen molar-refractivity contribution in [2.75, 3.05) is 17.2 Å². The summed E-state index contributed by atoms with van der Waals surface area (Å²) in [6.45, 7) is 0. The molecule has 0 radical (unpaired) electrons. The molecule has 1 unspecified atom stereocenters. The van der Waals surface area contributed by atoms with E-state index in [2.05, 4.69) is 5.32 Å². The molecule has 0 aliphatic carbocycles. The summed E-state index contributed by atoms with van der Waals surface area (Å²) in [5.41, 5.74) is 6.62. The van der Waals surface area contributed by atoms with Gasteiger partial charge in [-0.3, -0.25) is 4.79 Å². The molecule has 3 N–H and O–H groups in total. The molecule has 1 aliphatic heterocycles. The molecule has 5 nitrogen and oxygen atoms in total. The number of carbonyl (C=O) groups excluding carboxylic acids is 1. The van der Waals surface area contributed by atoms with Gasteiger partial charge in [-0.05, 0) is 37.1 Å². The maximum Gasteiger partial charge on any atom is 0.251 e. The van der Waals surface area contributed by atoms with Gasteiger partial charge in [-0.15, -0.1) is 12.4 Å². The molecule has 1 aromatic rings. The average molecular weight is 305 g/mol. The SMILES string of the molecule is Cl.Nc1ccc(C(=O)NC2CCCS(=O)(=O)C2)cc1. The van der Waals surface area contributed by atoms with Gasteiger partial charge in [-0.2, -0.15) is 0 Å². The Labute approximate surface area is 118 Å². The smallest absolute Gasteiger partial charge is 0.251 e. The highest BCUT2D eigenvalue weighted by atomic mass is 35.5. The first-order valence-corrected chi connectivity index (χ1v) is 7.65. The fraction of sp³-hybridized carbons (Fsp3) is 0.417. The van der Waals surface area contributed by atoms with Crippen molar-refractivity contribution in [2.24, 2.45) is 0 Å². The number of nitrogen functional groups attached to an aromatic ring is 1. The first-order chi connectivity index (χ1) is 8.46. The molecule has 106 valence electrons. The first kappa shape index (κ1) is 15.8. The zero-order valence-electron chi connectivity index (χ0n) is 10.3. The summed E-state index contributed by atoms with van der Waals surface area (Å²) in [5, 5.41) is 2.75. The number of carbonyl (C=O) groups is 1. The fourth-order valence-electron chi connectivity index (χ4n) is 2.04. The van der Waals surface area contributed by atoms with Crippen LogP contribution in [0.25, 0.3) is 0 Å². The topological polar surface area (TPSA) is 89.3 Å². The third-order valence-corrected chi connectivity index (χ3v) is 4.79. The Morgan fingerprint density at radius 1 is 1.26 bits per heavy atom. The molecule has 1 atom stereocenters. The van der Waals surface area contributed by atoms with Gasteiger partial charge >= 0.3 is 0 Å². The molecule has 1 amide bonds. The van der Waals surface area contributed by atoms with Crippen molar-refractivity contribution in [3.8, 4) is 0 Å². The number of hydrogen-bond acceptors (Lipinski definition) is 4. The van der Waals surface area contributed by atoms with Crippen LogP contribution in [0, 0.1) is 0 Å². The maximum absolute atomic E-state index is 11.9. The van der Waals surface area contributed by atoms with Crippen LogP contribution in [-0.4, -0.2) is 31.9 Å². The van der Waals surface area contributed by atoms with E-state index in [1.807, 2.05) is 0 Å². The molecule has 0 saturated carbocycles. The van der Waals surface area contributed by atoms with Gasteiger partial charge in [0.15, 0.2) is 9.84 Å². The summed E-state index contributed by atoms with van der Waals surface area (Å²) in [7, 11) is -3.00. The Morgan fingerprint density at radius 3 is 2.47 bits per heavy atom. The normalized spacial score (nSPS) is 21.2. The third kappa shape index (κ3) is 4.40. The Balaban J connectivity index is 0.00000180. The number of amides is 1. The van der Waals surface area contributed by atoms with E-state index in [9.17, 15) is 13.2 Å². The molecular weight excluding hydrogens is 288 g/mol. The minimum absolute atomic E-state index is 0. The van der Waals surface area contributed by atoms with Gasteiger partial charge in [0.05, 0.1) is 11.5 Å². The summed E-state index contributed by atoms with van der Waals surface area (Å²) >= 11 is 0. The van der Waals surface area contributed by atoms with Crippen LogP contribution in [0.4, 0.5) is 5.69 Å². The first-order valence-electron chi connectivity index (χ1n) is 5.83. The minimum atomic E-state index is -3.00. The van der Waals surface area contributed by atoms with E-state index in [0.29, 0.717) is 24.1 Å². The minimum Gasteiger partial charge on any atom is -0.399 e. The predicted octanol–water partition coefficient (Wildman–Crippen LogP) is 0.998. The molecular formula is C12H17ClN2O3S. The molecule has 1 heterocycles. The van der Waals surface area contributed by atoms with Crippen LogP contribution < -0.4 is 11.1 Å². The van der Waals surface area contributed by atoms with Gasteiger partial charge in [0.2, 0.25) is 0 Å². The van der Waals surface area contributed by atoms with Crippen LogP contribution >= 0.6 is 12.4 Å². The number of nitrogens with one attached hydrogen (secondary N) is 1. The van der Waals surface area contributed by atoms with E-state index in [1.165, 1.54) is 0 Å². The molecule has 0 bridgehead atoms. The molecule has 1 aliphatic rings. The number of halogens is 1. The number of hydrogen-bond donors (Lipinski definition) is 2. The second-order valence-corrected chi connectivity index (χ2v) is 6.78. The lowest BCUT2D eigenvalue weighted by atomic mass is 10.1. The highest BCUT2D eigenvalue weighted by Crippen LogP contribution is 2.13. The van der Waals surface area contributed by atoms with Gasteiger partial charge in [0, 0.05) is 17.3 Å². The summed E-state index contributed by atoms with van der Waals surface area (Å²) in [4.78, 5) is 11.9. The van der Waals surface area contributed by atoms with Gasteiger partial charge in [-0.1, -0.05) is 0 Å². The lowest BCUT2D eigenvalue weighted by molar-refractivity contribution is 0.0938. The van der Waals surface area contributed by atoms with E-state index in [1.54, 1.807) is 24.3 Å². The average Bonchev–Trinajstić information content (AvgIpc) is 2.28. The molecule has 1 aromatic carbocycles. The van der Waals surface area contributed by atoms with Crippen molar-refractivity contribution in [1.29, 1.82) is 0 Å². The van der Waals surface area contributed by atoms with Crippen molar-refractivity contribution in [1.82, 2.24) is 5.32 Å². The zero-order valence-corrected chi connectivity index (χ0v) is 12.0. The van der Waals surface area contributed by atoms with Crippen LogP contribution in [0.3, 0.4) is 0 Å². The molecule has 0 aromatic heterocycles. The number of benzene rings is 1. The molecule has 1 saturated heterocycles. The van der Waals surface area contributed by atoms with Crippen LogP contribution in [-0.2, 0) is 9.84 Å². The predicted molar refractivity (Wildman–Crippen MR) is 77.2 cm³/mol. The van der Waals surface area contributed by atoms with E-state index < -0.39 is 9.84 Å². The van der Waals surface area contributed by atoms with E-state index in [-0.39, 0.29) is 35.9 Å². The van der Waals surface area contributed by atoms with Crippen LogP contribution in [0.5, 0.6) is 0 Å². The molecule has 19 heavy (non-hydrogen) atoms. The Morgan fingerprint density at radius 2 is 1.89 bits per heavy atom. The molecule has 2 rings (SSSR count). The fourth-order valence-corrected chi connectivity index (χ4v) is 3.68. The Kier molecular flexibility index (Phi) is 5.20. The third-order valence-electron chi connectivity index (χ3n) is 2.97. The lowest BCUT2D eigenvalue weighted by Gasteiger charge is -2.23. The van der Waals surface area contributed by atoms with Gasteiger partial charge in [-0.25, -0.2) is 8.42 Å². The molecule has 0 spiro atoms. The number of anilines is 1. The van der Waals surface area contributed by atoms with E-state index in [0.717, 1.165) is 0 Å². The van der Waals surface area contributed by atoms with Crippen molar-refractivity contribution >= 4 is 33.8 Å². The van der Waals surface area contributed by atoms with Crippen molar-refractivity contribution in [3.63, 3.8) is 0 Å². The lowest BCUT2D eigenvalue weighted by Crippen LogP contribution is -2.43. The largest absolute Gasteiger partial charge is 0.399 e. The highest BCUT2D eigenvalue weighted by molar-refractivity contribution is 7.91. The van der Waals surface area contributed by atoms with Gasteiger partial charge < -0.3 is 11.1 Å².